The van der Waals surface area contributed by atoms with Gasteiger partial charge in [-0.1, -0.05) is 0 Å². The summed E-state index contributed by atoms with van der Waals surface area (Å²) in [4.78, 5) is 39.0. The van der Waals surface area contributed by atoms with Crippen LogP contribution < -0.4 is 15.2 Å². The number of aromatic nitrogens is 3. The molecule has 4 rings (SSSR count). The fraction of sp³-hybridized carbons (Fsp3) is 0.444. The molecule has 0 radical (unpaired) electrons. The molecule has 8 nitrogen and oxygen atoms in total. The molecule has 2 aliphatic rings. The summed E-state index contributed by atoms with van der Waals surface area (Å²) < 4.78 is 18.7. The van der Waals surface area contributed by atoms with Gasteiger partial charge in [0.1, 0.15) is 5.56 Å². The van der Waals surface area contributed by atoms with E-state index in [2.05, 4.69) is 15.0 Å². The second-order valence-corrected chi connectivity index (χ2v) is 6.98. The zero-order valence-corrected chi connectivity index (χ0v) is 15.1. The van der Waals surface area contributed by atoms with Crippen LogP contribution >= 0.6 is 0 Å². The van der Waals surface area contributed by atoms with E-state index in [0.29, 0.717) is 43.6 Å². The second-order valence-electron chi connectivity index (χ2n) is 6.98. The van der Waals surface area contributed by atoms with E-state index in [-0.39, 0.29) is 23.4 Å². The van der Waals surface area contributed by atoms with Gasteiger partial charge in [0, 0.05) is 44.2 Å². The number of ether oxygens (including phenoxy) is 1. The quantitative estimate of drug-likeness (QED) is 0.857. The number of rotatable bonds is 3. The van der Waals surface area contributed by atoms with Gasteiger partial charge < -0.3 is 14.5 Å². The molecular weight excluding hydrogens is 353 g/mol. The van der Waals surface area contributed by atoms with E-state index in [1.165, 1.54) is 14.0 Å². The molecule has 2 unspecified atom stereocenters. The lowest BCUT2D eigenvalue weighted by Gasteiger charge is -2.22. The number of hydrogen-bond donors (Lipinski definition) is 1. The van der Waals surface area contributed by atoms with Gasteiger partial charge in [-0.3, -0.25) is 14.6 Å². The number of halogens is 1. The minimum absolute atomic E-state index is 0.0892. The molecule has 2 aromatic heterocycles. The highest BCUT2D eigenvalue weighted by atomic mass is 19.1. The number of H-pyrrole nitrogens is 1. The normalized spacial score (nSPS) is 21.4. The Morgan fingerprint density at radius 3 is 2.63 bits per heavy atom. The highest BCUT2D eigenvalue weighted by Gasteiger charge is 2.43. The van der Waals surface area contributed by atoms with Gasteiger partial charge in [-0.2, -0.15) is 4.39 Å². The Labute approximate surface area is 155 Å². The number of carbonyl (C=O) groups excluding carboxylic acids is 1. The number of pyridine rings is 1. The standard InChI is InChI=1S/C18H20FN5O3/c1-10-14(19)15(25)22-18(21-10)24-8-11-6-23(7-12(11)9-24)17(26)13-4-3-5-20-16(13)27-2/h3-5,11-12H,6-9H2,1-2H3,(H,21,22,25). The third-order valence-corrected chi connectivity index (χ3v) is 5.28. The van der Waals surface area contributed by atoms with Crippen LogP contribution in [0.15, 0.2) is 23.1 Å². The maximum absolute atomic E-state index is 13.5. The van der Waals surface area contributed by atoms with E-state index < -0.39 is 11.4 Å². The molecular formula is C18H20FN5O3. The molecule has 0 aliphatic carbocycles. The van der Waals surface area contributed by atoms with Gasteiger partial charge in [-0.05, 0) is 19.1 Å². The summed E-state index contributed by atoms with van der Waals surface area (Å²) in [5.74, 6) is 0.315. The fourth-order valence-electron chi connectivity index (χ4n) is 3.92. The van der Waals surface area contributed by atoms with E-state index in [1.807, 2.05) is 9.80 Å². The number of fused-ring (bicyclic) bond motifs is 1. The maximum atomic E-state index is 13.5. The number of likely N-dealkylation sites (tertiary alicyclic amines) is 1. The maximum Gasteiger partial charge on any atom is 0.288 e. The Kier molecular flexibility index (Phi) is 4.29. The van der Waals surface area contributed by atoms with Gasteiger partial charge in [-0.25, -0.2) is 9.97 Å². The van der Waals surface area contributed by atoms with Gasteiger partial charge in [0.05, 0.1) is 12.8 Å². The van der Waals surface area contributed by atoms with E-state index in [4.69, 9.17) is 4.74 Å². The monoisotopic (exact) mass is 373 g/mol. The van der Waals surface area contributed by atoms with Crippen LogP contribution in [0.5, 0.6) is 5.88 Å². The molecule has 2 aliphatic heterocycles. The lowest BCUT2D eigenvalue weighted by Crippen LogP contribution is -2.34. The Bertz CT molecular complexity index is 933. The summed E-state index contributed by atoms with van der Waals surface area (Å²) in [6, 6.07) is 3.43. The number of nitrogens with one attached hydrogen (secondary N) is 1. The van der Waals surface area contributed by atoms with E-state index in [1.54, 1.807) is 18.3 Å². The topological polar surface area (TPSA) is 91.4 Å². The summed E-state index contributed by atoms with van der Waals surface area (Å²) in [5.41, 5.74) is -0.210. The lowest BCUT2D eigenvalue weighted by atomic mass is 10.0. The smallest absolute Gasteiger partial charge is 0.288 e. The van der Waals surface area contributed by atoms with Crippen molar-refractivity contribution in [1.29, 1.82) is 0 Å². The fourth-order valence-corrected chi connectivity index (χ4v) is 3.92. The number of amides is 1. The van der Waals surface area contributed by atoms with E-state index in [0.717, 1.165) is 0 Å². The van der Waals surface area contributed by atoms with Crippen LogP contribution in [0.1, 0.15) is 16.1 Å². The number of anilines is 1. The number of carbonyl (C=O) groups is 1. The molecule has 142 valence electrons. The van der Waals surface area contributed by atoms with Crippen molar-refractivity contribution < 1.29 is 13.9 Å². The summed E-state index contributed by atoms with van der Waals surface area (Å²) in [5, 5.41) is 0. The van der Waals surface area contributed by atoms with Crippen LogP contribution in [-0.2, 0) is 0 Å². The van der Waals surface area contributed by atoms with Crippen molar-refractivity contribution >= 4 is 11.9 Å². The first-order valence-corrected chi connectivity index (χ1v) is 8.77. The number of aryl methyl sites for hydroxylation is 1. The number of nitrogens with zero attached hydrogens (tertiary/aromatic N) is 4. The molecule has 0 spiro atoms. The number of aromatic amines is 1. The average Bonchev–Trinajstić information content (AvgIpc) is 3.24. The highest BCUT2D eigenvalue weighted by molar-refractivity contribution is 5.96. The third-order valence-electron chi connectivity index (χ3n) is 5.28. The summed E-state index contributed by atoms with van der Waals surface area (Å²) >= 11 is 0. The van der Waals surface area contributed by atoms with E-state index in [9.17, 15) is 14.0 Å². The van der Waals surface area contributed by atoms with E-state index >= 15 is 0 Å². The van der Waals surface area contributed by atoms with Crippen molar-refractivity contribution in [1.82, 2.24) is 19.9 Å². The first kappa shape index (κ1) is 17.4. The second kappa shape index (κ2) is 6.64. The molecule has 0 saturated carbocycles. The highest BCUT2D eigenvalue weighted by Crippen LogP contribution is 2.34. The predicted molar refractivity (Wildman–Crippen MR) is 95.4 cm³/mol. The van der Waals surface area contributed by atoms with Crippen LogP contribution in [0.4, 0.5) is 10.3 Å². The Morgan fingerprint density at radius 2 is 2.00 bits per heavy atom. The van der Waals surface area contributed by atoms with Crippen LogP contribution in [0.25, 0.3) is 0 Å². The van der Waals surface area contributed by atoms with Gasteiger partial charge >= 0.3 is 0 Å². The minimum Gasteiger partial charge on any atom is -0.480 e. The molecule has 2 atom stereocenters. The molecule has 1 amide bonds. The van der Waals surface area contributed by atoms with Crippen LogP contribution in [0, 0.1) is 24.6 Å². The third kappa shape index (κ3) is 3.02. The van der Waals surface area contributed by atoms with Crippen molar-refractivity contribution in [3.63, 3.8) is 0 Å². The zero-order chi connectivity index (χ0) is 19.1. The summed E-state index contributed by atoms with van der Waals surface area (Å²) in [6.45, 7) is 4.02. The van der Waals surface area contributed by atoms with Gasteiger partial charge in [0.2, 0.25) is 17.6 Å². The van der Waals surface area contributed by atoms with Crippen molar-refractivity contribution in [3.05, 3.63) is 45.8 Å². The van der Waals surface area contributed by atoms with Crippen molar-refractivity contribution in [2.45, 2.75) is 6.92 Å². The first-order chi connectivity index (χ1) is 13.0. The molecule has 1 N–H and O–H groups in total. The summed E-state index contributed by atoms with van der Waals surface area (Å²) in [6.07, 6.45) is 1.59. The largest absolute Gasteiger partial charge is 0.480 e. The zero-order valence-electron chi connectivity index (χ0n) is 15.1. The Morgan fingerprint density at radius 1 is 1.30 bits per heavy atom. The van der Waals surface area contributed by atoms with Crippen molar-refractivity contribution in [2.24, 2.45) is 11.8 Å². The molecule has 0 aromatic carbocycles. The predicted octanol–water partition coefficient (Wildman–Crippen LogP) is 0.829. The molecule has 4 heterocycles. The average molecular weight is 373 g/mol. The van der Waals surface area contributed by atoms with Crippen LogP contribution in [0.3, 0.4) is 0 Å². The van der Waals surface area contributed by atoms with Gasteiger partial charge in [0.25, 0.3) is 11.5 Å². The molecule has 2 aromatic rings. The van der Waals surface area contributed by atoms with Crippen molar-refractivity contribution in [3.8, 4) is 5.88 Å². The molecule has 2 saturated heterocycles. The van der Waals surface area contributed by atoms with Crippen LogP contribution in [-0.4, -0.2) is 59.0 Å². The van der Waals surface area contributed by atoms with Gasteiger partial charge in [-0.15, -0.1) is 0 Å². The SMILES string of the molecule is COc1ncccc1C(=O)N1CC2CN(c3nc(C)c(F)c(=O)[nH]3)CC2C1. The summed E-state index contributed by atoms with van der Waals surface area (Å²) in [7, 11) is 1.49. The van der Waals surface area contributed by atoms with Crippen LogP contribution in [0.2, 0.25) is 0 Å². The first-order valence-electron chi connectivity index (χ1n) is 8.77. The molecule has 0 bridgehead atoms. The minimum atomic E-state index is -0.847. The Hall–Kier alpha value is -2.97. The lowest BCUT2D eigenvalue weighted by molar-refractivity contribution is 0.0778. The number of hydrogen-bond acceptors (Lipinski definition) is 6. The molecule has 27 heavy (non-hydrogen) atoms. The van der Waals surface area contributed by atoms with Gasteiger partial charge in [0.15, 0.2) is 0 Å². The Balaban J connectivity index is 1.47. The molecule has 2 fully saturated rings. The van der Waals surface area contributed by atoms with Crippen molar-refractivity contribution in [2.75, 3.05) is 38.2 Å². The number of methoxy groups -OCH3 is 1. The molecule has 9 heteroatoms.